The van der Waals surface area contributed by atoms with E-state index < -0.39 is 0 Å². The van der Waals surface area contributed by atoms with Crippen molar-refractivity contribution in [2.24, 2.45) is 0 Å². The van der Waals surface area contributed by atoms with Crippen molar-refractivity contribution in [3.63, 3.8) is 0 Å². The molecule has 293 valence electrons. The molecule has 8 aromatic rings. The molecule has 1 aliphatic rings. The van der Waals surface area contributed by atoms with Crippen molar-refractivity contribution in [3.8, 4) is 23.0 Å². The largest absolute Gasteiger partial charge is 0.522 e. The predicted molar refractivity (Wildman–Crippen MR) is 223 cm³/mol. The van der Waals surface area contributed by atoms with Gasteiger partial charge >= 0.3 is 0 Å². The standard InChI is InChI=1S/C20H16N4.4C7H7O.Co/c1-2-14-10-16-5-6-18(23-16)12-20-8-7-19(24-20)11-17-4-3-15(22-17)9-13(1)21-14;4*1-8-7-5-3-2-4-6-7;/h1-12,21-24H;4*3-6H,1H3;/q;4*-1;. The number of benzene rings is 4. The maximum absolute atomic E-state index is 4.89. The van der Waals surface area contributed by atoms with Gasteiger partial charge in [-0.3, -0.25) is 0 Å². The van der Waals surface area contributed by atoms with Gasteiger partial charge in [-0.2, -0.15) is 72.8 Å². The molecule has 0 saturated carbocycles. The third-order valence-corrected chi connectivity index (χ3v) is 7.86. The first kappa shape index (κ1) is 42.9. The Balaban J connectivity index is 0.000000180. The van der Waals surface area contributed by atoms with Crippen molar-refractivity contribution < 1.29 is 35.7 Å². The van der Waals surface area contributed by atoms with Crippen LogP contribution in [0, 0.1) is 24.3 Å². The van der Waals surface area contributed by atoms with E-state index in [0.717, 1.165) is 67.2 Å². The van der Waals surface area contributed by atoms with E-state index in [2.05, 4.69) is 117 Å². The van der Waals surface area contributed by atoms with E-state index in [1.54, 1.807) is 28.4 Å². The smallest absolute Gasteiger partial charge is 0.0743 e. The number of rotatable bonds is 4. The minimum atomic E-state index is 0. The van der Waals surface area contributed by atoms with Crippen molar-refractivity contribution in [2.45, 2.75) is 0 Å². The van der Waals surface area contributed by atoms with Crippen LogP contribution in [-0.4, -0.2) is 48.4 Å². The molecule has 9 heteroatoms. The van der Waals surface area contributed by atoms with Crippen LogP contribution in [0.15, 0.2) is 146 Å². The van der Waals surface area contributed by atoms with E-state index in [-0.39, 0.29) is 16.8 Å². The van der Waals surface area contributed by atoms with Gasteiger partial charge in [0.1, 0.15) is 0 Å². The molecule has 1 aliphatic heterocycles. The van der Waals surface area contributed by atoms with Crippen LogP contribution in [0.2, 0.25) is 0 Å². The second kappa shape index (κ2) is 23.9. The first-order valence-corrected chi connectivity index (χ1v) is 17.7. The van der Waals surface area contributed by atoms with Crippen LogP contribution in [0.5, 0.6) is 23.0 Å². The van der Waals surface area contributed by atoms with Gasteiger partial charge < -0.3 is 38.9 Å². The van der Waals surface area contributed by atoms with Gasteiger partial charge in [-0.05, 0) is 72.8 Å². The molecule has 0 atom stereocenters. The molecule has 57 heavy (non-hydrogen) atoms. The van der Waals surface area contributed by atoms with E-state index in [1.807, 2.05) is 97.1 Å². The van der Waals surface area contributed by atoms with Gasteiger partial charge in [-0.15, -0.1) is 48.5 Å². The van der Waals surface area contributed by atoms with E-state index in [9.17, 15) is 0 Å². The zero-order valence-corrected chi connectivity index (χ0v) is 33.2. The Morgan fingerprint density at radius 1 is 0.298 bits per heavy atom. The van der Waals surface area contributed by atoms with Gasteiger partial charge in [0.2, 0.25) is 0 Å². The number of hydrogen-bond donors (Lipinski definition) is 4. The molecule has 0 saturated heterocycles. The zero-order valence-electron chi connectivity index (χ0n) is 32.1. The summed E-state index contributed by atoms with van der Waals surface area (Å²) < 4.78 is 19.6. The summed E-state index contributed by atoms with van der Waals surface area (Å²) in [5.74, 6) is 3.51. The summed E-state index contributed by atoms with van der Waals surface area (Å²) in [6.45, 7) is 0. The third-order valence-electron chi connectivity index (χ3n) is 7.86. The molecule has 8 bridgehead atoms. The summed E-state index contributed by atoms with van der Waals surface area (Å²) in [4.78, 5) is 13.7. The Labute approximate surface area is 344 Å². The van der Waals surface area contributed by atoms with Gasteiger partial charge in [-0.1, -0.05) is 0 Å². The maximum atomic E-state index is 4.89. The molecule has 0 amide bonds. The number of hydrogen-bond acceptors (Lipinski definition) is 4. The quantitative estimate of drug-likeness (QED) is 0.151. The fraction of sp³-hybridized carbons (Fsp3) is 0.0833. The molecule has 4 aromatic heterocycles. The van der Waals surface area contributed by atoms with Crippen LogP contribution in [0.25, 0.3) is 24.3 Å². The molecule has 0 unspecified atom stereocenters. The van der Waals surface area contributed by atoms with E-state index in [4.69, 9.17) is 18.9 Å². The first-order valence-electron chi connectivity index (χ1n) is 17.7. The normalized spacial score (nSPS) is 10.2. The fourth-order valence-electron chi connectivity index (χ4n) is 5.09. The molecule has 0 fully saturated rings. The Morgan fingerprint density at radius 3 is 0.684 bits per heavy atom. The summed E-state index contributed by atoms with van der Waals surface area (Å²) in [6.07, 6.45) is 8.42. The third kappa shape index (κ3) is 15.1. The van der Waals surface area contributed by atoms with Crippen LogP contribution in [0.3, 0.4) is 0 Å². The second-order valence-corrected chi connectivity index (χ2v) is 11.8. The number of aromatic nitrogens is 4. The Bertz CT molecular complexity index is 2180. The van der Waals surface area contributed by atoms with Crippen molar-refractivity contribution in [1.82, 2.24) is 19.9 Å². The Morgan fingerprint density at radius 2 is 0.509 bits per heavy atom. The van der Waals surface area contributed by atoms with E-state index >= 15 is 0 Å². The average Bonchev–Trinajstić information content (AvgIpc) is 4.10. The Kier molecular flexibility index (Phi) is 18.0. The second-order valence-electron chi connectivity index (χ2n) is 11.8. The summed E-state index contributed by atoms with van der Waals surface area (Å²) >= 11 is 0. The fourth-order valence-corrected chi connectivity index (χ4v) is 5.09. The van der Waals surface area contributed by atoms with Crippen molar-refractivity contribution in [2.75, 3.05) is 28.4 Å². The van der Waals surface area contributed by atoms with Crippen LogP contribution >= 0.6 is 0 Å². The van der Waals surface area contributed by atoms with Crippen molar-refractivity contribution in [3.05, 3.63) is 214 Å². The van der Waals surface area contributed by atoms with Crippen LogP contribution in [0.1, 0.15) is 22.8 Å². The Hall–Kier alpha value is -6.81. The zero-order chi connectivity index (χ0) is 39.2. The number of nitrogens with one attached hydrogen (secondary N) is 4. The maximum Gasteiger partial charge on any atom is 0.0743 e. The minimum Gasteiger partial charge on any atom is -0.522 e. The van der Waals surface area contributed by atoms with Crippen molar-refractivity contribution >= 4 is 24.3 Å². The summed E-state index contributed by atoms with van der Waals surface area (Å²) in [7, 11) is 6.59. The molecule has 8 nitrogen and oxygen atoms in total. The number of aromatic amines is 4. The monoisotopic (exact) mass is 799 g/mol. The molecule has 0 spiro atoms. The predicted octanol–water partition coefficient (Wildman–Crippen LogP) is 6.61. The molecule has 9 rings (SSSR count). The topological polar surface area (TPSA) is 100 Å². The molecular weight excluding hydrogens is 755 g/mol. The van der Waals surface area contributed by atoms with Crippen LogP contribution in [0.4, 0.5) is 0 Å². The summed E-state index contributed by atoms with van der Waals surface area (Å²) in [5.41, 5.74) is 4.29. The van der Waals surface area contributed by atoms with Gasteiger partial charge in [0.05, 0.1) is 28.4 Å². The van der Waals surface area contributed by atoms with E-state index in [1.165, 1.54) is 0 Å². The molecule has 1 radical (unpaired) electrons. The molecular formula is C48H44CoN4O4-4. The van der Waals surface area contributed by atoms with Crippen LogP contribution in [-0.2, 0) is 16.8 Å². The minimum absolute atomic E-state index is 0. The number of methoxy groups -OCH3 is 4. The van der Waals surface area contributed by atoms with E-state index in [0.29, 0.717) is 0 Å². The average molecular weight is 800 g/mol. The molecule has 0 aliphatic carbocycles. The summed E-state index contributed by atoms with van der Waals surface area (Å²) in [5, 5.41) is 4.29. The number of fused-ring (bicyclic) bond motifs is 8. The van der Waals surface area contributed by atoms with Gasteiger partial charge in [0.15, 0.2) is 0 Å². The van der Waals surface area contributed by atoms with Gasteiger partial charge in [-0.25, -0.2) is 0 Å². The van der Waals surface area contributed by atoms with Crippen LogP contribution < -0.4 is 40.3 Å². The molecule has 5 heterocycles. The number of ether oxygens (including phenoxy) is 4. The van der Waals surface area contributed by atoms with Gasteiger partial charge in [0, 0.05) is 83.9 Å². The molecule has 4 N–H and O–H groups in total. The van der Waals surface area contributed by atoms with Crippen molar-refractivity contribution in [1.29, 1.82) is 0 Å². The summed E-state index contributed by atoms with van der Waals surface area (Å²) in [6, 6.07) is 57.7. The first-order chi connectivity index (χ1) is 27.5. The number of H-pyrrole nitrogens is 4. The molecule has 4 aromatic carbocycles. The SMILES string of the molecule is C1=c2ccc([nH]2)=Cc2ccc([nH]2)C=c2ccc([nH]2)=Cc2ccc1[nH]2.COc1cc[c-]cc1.COc1cc[c-]cc1.COc1cc[c-]cc1.COc1cc[c-]cc1.[Co]. The van der Waals surface area contributed by atoms with Gasteiger partial charge in [0.25, 0.3) is 0 Å².